The van der Waals surface area contributed by atoms with Crippen molar-refractivity contribution in [2.75, 3.05) is 6.61 Å². The quantitative estimate of drug-likeness (QED) is 0.154. The van der Waals surface area contributed by atoms with Gasteiger partial charge in [-0.05, 0) is 89.2 Å². The van der Waals surface area contributed by atoms with Gasteiger partial charge in [0.15, 0.2) is 17.2 Å². The maximum Gasteiger partial charge on any atom is 0.363 e. The number of nitrogens with zero attached hydrogens (tertiary/aromatic N) is 1. The molecule has 3 aromatic carbocycles. The molecule has 0 fully saturated rings. The lowest BCUT2D eigenvalue weighted by molar-refractivity contribution is -0.129. The number of hydrogen-bond donors (Lipinski definition) is 0. The zero-order chi connectivity index (χ0) is 24.2. The topological polar surface area (TPSA) is 57.1 Å². The van der Waals surface area contributed by atoms with Crippen LogP contribution in [0.5, 0.6) is 11.5 Å². The first kappa shape index (κ1) is 24.9. The van der Waals surface area contributed by atoms with E-state index in [0.29, 0.717) is 50.9 Å². The van der Waals surface area contributed by atoms with Crippen LogP contribution in [-0.2, 0) is 16.1 Å². The van der Waals surface area contributed by atoms with E-state index in [9.17, 15) is 4.79 Å². The van der Waals surface area contributed by atoms with Crippen LogP contribution >= 0.6 is 57.4 Å². The zero-order valence-electron chi connectivity index (χ0n) is 17.8. The average molecular weight is 629 g/mol. The first-order chi connectivity index (χ1) is 16.3. The number of carbonyl (C=O) groups is 1. The molecular weight excluding hydrogens is 612 g/mol. The molecule has 0 radical (unpaired) electrons. The molecule has 3 aromatic rings. The molecule has 4 rings (SSSR count). The Labute approximate surface area is 225 Å². The molecule has 0 unspecified atom stereocenters. The van der Waals surface area contributed by atoms with Gasteiger partial charge in [0.1, 0.15) is 6.61 Å². The molecule has 1 aliphatic heterocycles. The molecule has 0 saturated carbocycles. The lowest BCUT2D eigenvalue weighted by Gasteiger charge is -2.15. The Bertz CT molecular complexity index is 1320. The number of cyclic esters (lactones) is 1. The van der Waals surface area contributed by atoms with Gasteiger partial charge in [-0.15, -0.1) is 0 Å². The largest absolute Gasteiger partial charge is 0.490 e. The number of ether oxygens (including phenoxy) is 3. The van der Waals surface area contributed by atoms with Gasteiger partial charge in [0, 0.05) is 10.0 Å². The third-order valence-corrected chi connectivity index (χ3v) is 6.27. The predicted molar refractivity (Wildman–Crippen MR) is 143 cm³/mol. The second-order valence-corrected chi connectivity index (χ2v) is 9.58. The number of rotatable bonds is 7. The molecular formula is C25H17Cl3INO4. The molecule has 0 bridgehead atoms. The Balaban J connectivity index is 1.62. The molecule has 0 N–H and O–H groups in total. The van der Waals surface area contributed by atoms with E-state index in [4.69, 9.17) is 49.0 Å². The molecule has 0 aliphatic carbocycles. The van der Waals surface area contributed by atoms with Gasteiger partial charge in [-0.2, -0.15) is 0 Å². The highest BCUT2D eigenvalue weighted by Gasteiger charge is 2.26. The number of carbonyl (C=O) groups excluding carboxylic acids is 1. The van der Waals surface area contributed by atoms with Crippen molar-refractivity contribution in [2.24, 2.45) is 4.99 Å². The monoisotopic (exact) mass is 627 g/mol. The summed E-state index contributed by atoms with van der Waals surface area (Å²) in [7, 11) is 0. The Hall–Kier alpha value is -2.26. The fourth-order valence-corrected chi connectivity index (χ4v) is 4.68. The summed E-state index contributed by atoms with van der Waals surface area (Å²) >= 11 is 20.4. The van der Waals surface area contributed by atoms with Crippen molar-refractivity contribution in [3.8, 4) is 11.5 Å². The number of hydrogen-bond acceptors (Lipinski definition) is 5. The molecule has 0 saturated heterocycles. The summed E-state index contributed by atoms with van der Waals surface area (Å²) in [5.74, 6) is 0.713. The first-order valence-electron chi connectivity index (χ1n) is 10.2. The molecule has 0 amide bonds. The third kappa shape index (κ3) is 5.86. The Morgan fingerprint density at radius 1 is 1.03 bits per heavy atom. The van der Waals surface area contributed by atoms with Crippen molar-refractivity contribution in [3.63, 3.8) is 0 Å². The van der Waals surface area contributed by atoms with Gasteiger partial charge in [0.2, 0.25) is 5.90 Å². The number of aliphatic imine (C=N–C) groups is 1. The fraction of sp³-hybridized carbons (Fsp3) is 0.120. The Kier molecular flexibility index (Phi) is 8.03. The van der Waals surface area contributed by atoms with Gasteiger partial charge in [-0.3, -0.25) is 0 Å². The van der Waals surface area contributed by atoms with E-state index < -0.39 is 5.97 Å². The summed E-state index contributed by atoms with van der Waals surface area (Å²) < 4.78 is 18.0. The van der Waals surface area contributed by atoms with Crippen molar-refractivity contribution in [1.29, 1.82) is 0 Å². The summed E-state index contributed by atoms with van der Waals surface area (Å²) in [6.45, 7) is 2.67. The van der Waals surface area contributed by atoms with Crippen LogP contribution in [0, 0.1) is 3.57 Å². The van der Waals surface area contributed by atoms with Crippen LogP contribution in [0.2, 0.25) is 15.1 Å². The minimum atomic E-state index is -0.574. The third-order valence-electron chi connectivity index (χ3n) is 4.69. The van der Waals surface area contributed by atoms with Gasteiger partial charge in [0.25, 0.3) is 0 Å². The van der Waals surface area contributed by atoms with Gasteiger partial charge in [0.05, 0.1) is 20.8 Å². The van der Waals surface area contributed by atoms with E-state index >= 15 is 0 Å². The van der Waals surface area contributed by atoms with E-state index in [1.807, 2.05) is 37.3 Å². The normalized spacial score (nSPS) is 14.2. The van der Waals surface area contributed by atoms with Gasteiger partial charge < -0.3 is 14.2 Å². The van der Waals surface area contributed by atoms with E-state index in [1.54, 1.807) is 30.3 Å². The van der Waals surface area contributed by atoms with Crippen LogP contribution in [0.1, 0.15) is 23.6 Å². The summed E-state index contributed by atoms with van der Waals surface area (Å²) in [5.41, 5.74) is 2.28. The van der Waals surface area contributed by atoms with Gasteiger partial charge in [-0.1, -0.05) is 46.9 Å². The van der Waals surface area contributed by atoms with Crippen molar-refractivity contribution in [2.45, 2.75) is 13.5 Å². The molecule has 1 heterocycles. The maximum absolute atomic E-state index is 12.4. The second kappa shape index (κ2) is 11.0. The van der Waals surface area contributed by atoms with Crippen LogP contribution in [0.25, 0.3) is 6.08 Å². The fourth-order valence-electron chi connectivity index (χ4n) is 3.20. The average Bonchev–Trinajstić information content (AvgIpc) is 3.13. The highest BCUT2D eigenvalue weighted by Crippen LogP contribution is 2.36. The van der Waals surface area contributed by atoms with Crippen molar-refractivity contribution in [3.05, 3.63) is 95.6 Å². The van der Waals surface area contributed by atoms with Crippen LogP contribution in [0.15, 0.2) is 65.3 Å². The van der Waals surface area contributed by atoms with Gasteiger partial charge >= 0.3 is 5.97 Å². The lowest BCUT2D eigenvalue weighted by atomic mass is 10.1. The maximum atomic E-state index is 12.4. The van der Waals surface area contributed by atoms with E-state index in [1.165, 1.54) is 0 Å². The van der Waals surface area contributed by atoms with Crippen LogP contribution in [-0.4, -0.2) is 18.5 Å². The van der Waals surface area contributed by atoms with E-state index in [2.05, 4.69) is 27.6 Å². The number of benzene rings is 3. The number of esters is 1. The molecule has 174 valence electrons. The standard InChI is InChI=1S/C25H17Cl3INO4/c1-2-32-22-11-15(9-20(29)23(22)33-13-14-4-3-5-16(26)8-14)10-21-25(31)34-24(30-21)18-7-6-17(27)12-19(18)28/h3-12H,2,13H2,1H3/b21-10-. The first-order valence-corrected chi connectivity index (χ1v) is 12.4. The smallest absolute Gasteiger partial charge is 0.363 e. The molecule has 1 aliphatic rings. The Morgan fingerprint density at radius 3 is 2.56 bits per heavy atom. The lowest BCUT2D eigenvalue weighted by Crippen LogP contribution is -2.06. The van der Waals surface area contributed by atoms with Crippen molar-refractivity contribution < 1.29 is 19.0 Å². The molecule has 0 atom stereocenters. The van der Waals surface area contributed by atoms with Crippen LogP contribution in [0.3, 0.4) is 0 Å². The summed E-state index contributed by atoms with van der Waals surface area (Å²) in [6, 6.07) is 16.0. The number of halogens is 4. The molecule has 34 heavy (non-hydrogen) atoms. The minimum absolute atomic E-state index is 0.124. The molecule has 9 heteroatoms. The minimum Gasteiger partial charge on any atom is -0.490 e. The highest BCUT2D eigenvalue weighted by molar-refractivity contribution is 14.1. The summed E-state index contributed by atoms with van der Waals surface area (Å²) in [4.78, 5) is 16.8. The molecule has 0 spiro atoms. The molecule has 5 nitrogen and oxygen atoms in total. The zero-order valence-corrected chi connectivity index (χ0v) is 22.2. The highest BCUT2D eigenvalue weighted by atomic mass is 127. The summed E-state index contributed by atoms with van der Waals surface area (Å²) in [5, 5.41) is 1.46. The van der Waals surface area contributed by atoms with Crippen LogP contribution < -0.4 is 9.47 Å². The van der Waals surface area contributed by atoms with Gasteiger partial charge in [-0.25, -0.2) is 9.79 Å². The predicted octanol–water partition coefficient (Wildman–Crippen LogP) is 7.57. The SMILES string of the molecule is CCOc1cc(/C=C2\N=C(c3ccc(Cl)cc3Cl)OC2=O)cc(I)c1OCc1cccc(Cl)c1. The molecule has 0 aromatic heterocycles. The van der Waals surface area contributed by atoms with Crippen molar-refractivity contribution in [1.82, 2.24) is 0 Å². The van der Waals surface area contributed by atoms with Crippen molar-refractivity contribution >= 4 is 75.3 Å². The second-order valence-electron chi connectivity index (χ2n) is 7.14. The summed E-state index contributed by atoms with van der Waals surface area (Å²) in [6.07, 6.45) is 1.63. The van der Waals surface area contributed by atoms with Crippen LogP contribution in [0.4, 0.5) is 0 Å². The van der Waals surface area contributed by atoms with E-state index in [0.717, 1.165) is 9.13 Å². The van der Waals surface area contributed by atoms with E-state index in [-0.39, 0.29) is 11.6 Å². The Morgan fingerprint density at radius 2 is 1.82 bits per heavy atom.